The van der Waals surface area contributed by atoms with E-state index in [4.69, 9.17) is 23.2 Å². The maximum absolute atomic E-state index is 6.14. The van der Waals surface area contributed by atoms with Gasteiger partial charge in [0.2, 0.25) is 0 Å². The van der Waals surface area contributed by atoms with E-state index in [0.29, 0.717) is 22.6 Å². The Morgan fingerprint density at radius 1 is 1.27 bits per heavy atom. The summed E-state index contributed by atoms with van der Waals surface area (Å²) >= 11 is 12.0. The topological polar surface area (TPSA) is 53.9 Å². The molecule has 3 heterocycles. The molecule has 1 fully saturated rings. The van der Waals surface area contributed by atoms with E-state index in [-0.39, 0.29) is 0 Å². The molecule has 1 N–H and O–H groups in total. The summed E-state index contributed by atoms with van der Waals surface area (Å²) in [6, 6.07) is 6.10. The van der Waals surface area contributed by atoms with Gasteiger partial charge in [0.25, 0.3) is 0 Å². The second-order valence-electron chi connectivity index (χ2n) is 5.31. The van der Waals surface area contributed by atoms with E-state index in [1.807, 2.05) is 12.1 Å². The van der Waals surface area contributed by atoms with Gasteiger partial charge >= 0.3 is 0 Å². The first-order valence-electron chi connectivity index (χ1n) is 7.28. The van der Waals surface area contributed by atoms with Crippen LogP contribution < -0.4 is 10.2 Å². The zero-order valence-electron chi connectivity index (χ0n) is 12.0. The highest BCUT2D eigenvalue weighted by molar-refractivity contribution is 6.34. The van der Waals surface area contributed by atoms with Gasteiger partial charge in [0.15, 0.2) is 5.82 Å². The number of hydrogen-bond acceptors (Lipinski definition) is 5. The SMILES string of the molecule is Clc1cnc(CNC2CCN(c3cccnn3)CC2)c(Cl)c1. The summed E-state index contributed by atoms with van der Waals surface area (Å²) in [6.07, 6.45) is 5.44. The minimum Gasteiger partial charge on any atom is -0.355 e. The van der Waals surface area contributed by atoms with E-state index in [9.17, 15) is 0 Å². The van der Waals surface area contributed by atoms with Gasteiger partial charge in [0, 0.05) is 38.1 Å². The van der Waals surface area contributed by atoms with Gasteiger partial charge in [-0.15, -0.1) is 5.10 Å². The van der Waals surface area contributed by atoms with Crippen LogP contribution in [0, 0.1) is 0 Å². The van der Waals surface area contributed by atoms with Gasteiger partial charge in [0.1, 0.15) is 0 Å². The molecule has 0 radical (unpaired) electrons. The van der Waals surface area contributed by atoms with Gasteiger partial charge in [-0.2, -0.15) is 5.10 Å². The standard InChI is InChI=1S/C15H17Cl2N5/c16-11-8-13(17)14(19-9-11)10-18-12-3-6-22(7-4-12)15-2-1-5-20-21-15/h1-2,5,8-9,12,18H,3-4,6-7,10H2. The van der Waals surface area contributed by atoms with Crippen LogP contribution in [-0.2, 0) is 6.54 Å². The van der Waals surface area contributed by atoms with E-state index < -0.39 is 0 Å². The number of rotatable bonds is 4. The van der Waals surface area contributed by atoms with Gasteiger partial charge in [-0.25, -0.2) is 0 Å². The average Bonchev–Trinajstić information content (AvgIpc) is 2.55. The Hall–Kier alpha value is -1.43. The average molecular weight is 338 g/mol. The smallest absolute Gasteiger partial charge is 0.151 e. The number of pyridine rings is 1. The van der Waals surface area contributed by atoms with Crippen molar-refractivity contribution in [3.63, 3.8) is 0 Å². The Balaban J connectivity index is 1.50. The van der Waals surface area contributed by atoms with Crippen LogP contribution in [0.1, 0.15) is 18.5 Å². The Bertz CT molecular complexity index is 615. The maximum atomic E-state index is 6.14. The lowest BCUT2D eigenvalue weighted by Crippen LogP contribution is -2.42. The van der Waals surface area contributed by atoms with E-state index in [0.717, 1.165) is 37.4 Å². The molecule has 0 saturated carbocycles. The lowest BCUT2D eigenvalue weighted by atomic mass is 10.0. The molecule has 0 atom stereocenters. The highest BCUT2D eigenvalue weighted by Gasteiger charge is 2.20. The highest BCUT2D eigenvalue weighted by atomic mass is 35.5. The largest absolute Gasteiger partial charge is 0.355 e. The fourth-order valence-electron chi connectivity index (χ4n) is 2.59. The quantitative estimate of drug-likeness (QED) is 0.929. The van der Waals surface area contributed by atoms with E-state index in [2.05, 4.69) is 25.4 Å². The molecule has 1 aliphatic rings. The van der Waals surface area contributed by atoms with Crippen molar-refractivity contribution >= 4 is 29.0 Å². The Morgan fingerprint density at radius 3 is 2.77 bits per heavy atom. The van der Waals surface area contributed by atoms with Gasteiger partial charge in [-0.3, -0.25) is 4.98 Å². The third-order valence-corrected chi connectivity index (χ3v) is 4.35. The van der Waals surface area contributed by atoms with Crippen LogP contribution in [0.5, 0.6) is 0 Å². The monoisotopic (exact) mass is 337 g/mol. The summed E-state index contributed by atoms with van der Waals surface area (Å²) in [5.41, 5.74) is 0.836. The zero-order chi connectivity index (χ0) is 15.4. The first-order valence-corrected chi connectivity index (χ1v) is 8.04. The number of anilines is 1. The number of hydrogen-bond donors (Lipinski definition) is 1. The molecular weight excluding hydrogens is 321 g/mol. The van der Waals surface area contributed by atoms with Crippen molar-refractivity contribution in [2.45, 2.75) is 25.4 Å². The van der Waals surface area contributed by atoms with E-state index >= 15 is 0 Å². The number of halogens is 2. The number of piperidine rings is 1. The maximum Gasteiger partial charge on any atom is 0.151 e. The van der Waals surface area contributed by atoms with Crippen LogP contribution in [0.25, 0.3) is 0 Å². The minimum atomic E-state index is 0.460. The lowest BCUT2D eigenvalue weighted by Gasteiger charge is -2.32. The van der Waals surface area contributed by atoms with Crippen molar-refractivity contribution in [2.75, 3.05) is 18.0 Å². The fourth-order valence-corrected chi connectivity index (χ4v) is 3.04. The van der Waals surface area contributed by atoms with Crippen molar-refractivity contribution in [3.8, 4) is 0 Å². The van der Waals surface area contributed by atoms with Gasteiger partial charge < -0.3 is 10.2 Å². The molecule has 2 aromatic rings. The number of aromatic nitrogens is 3. The van der Waals surface area contributed by atoms with Gasteiger partial charge in [-0.1, -0.05) is 23.2 Å². The molecule has 0 spiro atoms. The van der Waals surface area contributed by atoms with E-state index in [1.165, 1.54) is 0 Å². The summed E-state index contributed by atoms with van der Waals surface area (Å²) in [6.45, 7) is 2.60. The molecule has 0 unspecified atom stereocenters. The number of nitrogens with one attached hydrogen (secondary N) is 1. The van der Waals surface area contributed by atoms with E-state index in [1.54, 1.807) is 18.5 Å². The second kappa shape index (κ2) is 7.22. The van der Waals surface area contributed by atoms with Crippen LogP contribution >= 0.6 is 23.2 Å². The minimum absolute atomic E-state index is 0.460. The Morgan fingerprint density at radius 2 is 2.09 bits per heavy atom. The molecule has 7 heteroatoms. The summed E-state index contributed by atoms with van der Waals surface area (Å²) in [4.78, 5) is 6.53. The number of nitrogens with zero attached hydrogens (tertiary/aromatic N) is 4. The Kier molecular flexibility index (Phi) is 5.08. The van der Waals surface area contributed by atoms with Crippen LogP contribution in [-0.4, -0.2) is 34.3 Å². The summed E-state index contributed by atoms with van der Waals surface area (Å²) < 4.78 is 0. The van der Waals surface area contributed by atoms with Crippen molar-refractivity contribution in [1.29, 1.82) is 0 Å². The van der Waals surface area contributed by atoms with Crippen molar-refractivity contribution in [2.24, 2.45) is 0 Å². The summed E-state index contributed by atoms with van der Waals surface area (Å²) in [5.74, 6) is 0.948. The van der Waals surface area contributed by atoms with Crippen LogP contribution in [0.4, 0.5) is 5.82 Å². The third kappa shape index (κ3) is 3.85. The van der Waals surface area contributed by atoms with Crippen molar-refractivity contribution in [3.05, 3.63) is 46.3 Å². The second-order valence-corrected chi connectivity index (χ2v) is 6.15. The molecule has 1 saturated heterocycles. The molecule has 0 aliphatic carbocycles. The molecule has 1 aliphatic heterocycles. The van der Waals surface area contributed by atoms with Crippen LogP contribution in [0.15, 0.2) is 30.6 Å². The highest BCUT2D eigenvalue weighted by Crippen LogP contribution is 2.20. The molecule has 0 amide bonds. The molecule has 2 aromatic heterocycles. The fraction of sp³-hybridized carbons (Fsp3) is 0.400. The van der Waals surface area contributed by atoms with Crippen molar-refractivity contribution in [1.82, 2.24) is 20.5 Å². The molecule has 0 aromatic carbocycles. The predicted octanol–water partition coefficient (Wildman–Crippen LogP) is 2.94. The Labute approximate surface area is 139 Å². The molecule has 5 nitrogen and oxygen atoms in total. The first-order chi connectivity index (χ1) is 10.7. The van der Waals surface area contributed by atoms with Gasteiger partial charge in [-0.05, 0) is 31.0 Å². The molecule has 22 heavy (non-hydrogen) atoms. The predicted molar refractivity (Wildman–Crippen MR) is 88.4 cm³/mol. The van der Waals surface area contributed by atoms with Crippen LogP contribution in [0.2, 0.25) is 10.0 Å². The normalized spacial score (nSPS) is 16.0. The van der Waals surface area contributed by atoms with Gasteiger partial charge in [0.05, 0.1) is 15.7 Å². The molecule has 3 rings (SSSR count). The lowest BCUT2D eigenvalue weighted by molar-refractivity contribution is 0.410. The van der Waals surface area contributed by atoms with Crippen LogP contribution in [0.3, 0.4) is 0 Å². The molecule has 0 bridgehead atoms. The summed E-state index contributed by atoms with van der Waals surface area (Å²) in [5, 5.41) is 12.8. The van der Waals surface area contributed by atoms with Crippen molar-refractivity contribution < 1.29 is 0 Å². The molecule has 116 valence electrons. The third-order valence-electron chi connectivity index (χ3n) is 3.82. The first kappa shape index (κ1) is 15.5. The molecular formula is C15H17Cl2N5. The zero-order valence-corrected chi connectivity index (χ0v) is 13.6. The summed E-state index contributed by atoms with van der Waals surface area (Å²) in [7, 11) is 0.